The summed E-state index contributed by atoms with van der Waals surface area (Å²) in [6, 6.07) is 11.3. The third-order valence-corrected chi connectivity index (χ3v) is 6.76. The van der Waals surface area contributed by atoms with Crippen LogP contribution < -0.4 is 10.3 Å². The first-order valence-corrected chi connectivity index (χ1v) is 11.7. The SMILES string of the molecule is CCOC(=O)c1c(OCc2ccccc2)c(=O)n(Cc2cnc(Br)s2)c2ccsc12. The molecule has 4 rings (SSSR count). The second-order valence-corrected chi connectivity index (χ2v) is 9.61. The number of esters is 1. The minimum Gasteiger partial charge on any atom is -0.482 e. The maximum absolute atomic E-state index is 13.5. The molecule has 0 unspecified atom stereocenters. The quantitative estimate of drug-likeness (QED) is 0.328. The van der Waals surface area contributed by atoms with Crippen LogP contribution in [0.3, 0.4) is 0 Å². The molecule has 154 valence electrons. The molecule has 0 saturated carbocycles. The molecule has 0 N–H and O–H groups in total. The zero-order valence-electron chi connectivity index (χ0n) is 16.0. The molecule has 0 aliphatic heterocycles. The molecule has 0 amide bonds. The first kappa shape index (κ1) is 20.8. The number of thiophene rings is 1. The molecule has 0 atom stereocenters. The van der Waals surface area contributed by atoms with Gasteiger partial charge in [0.05, 0.1) is 23.4 Å². The van der Waals surface area contributed by atoms with E-state index >= 15 is 0 Å². The smallest absolute Gasteiger partial charge is 0.343 e. The molecule has 0 fully saturated rings. The topological polar surface area (TPSA) is 70.4 Å². The predicted octanol–water partition coefficient (Wildman–Crippen LogP) is 5.09. The molecule has 0 saturated heterocycles. The Balaban J connectivity index is 1.84. The summed E-state index contributed by atoms with van der Waals surface area (Å²) in [6.07, 6.45) is 1.73. The van der Waals surface area contributed by atoms with E-state index in [1.807, 2.05) is 41.8 Å². The van der Waals surface area contributed by atoms with Crippen LogP contribution in [0.2, 0.25) is 0 Å². The van der Waals surface area contributed by atoms with Gasteiger partial charge in [-0.2, -0.15) is 0 Å². The number of hydrogen-bond acceptors (Lipinski definition) is 7. The van der Waals surface area contributed by atoms with Crippen molar-refractivity contribution in [3.63, 3.8) is 0 Å². The molecule has 3 aromatic heterocycles. The van der Waals surface area contributed by atoms with Gasteiger partial charge in [-0.3, -0.25) is 9.36 Å². The number of ether oxygens (including phenoxy) is 2. The molecule has 6 nitrogen and oxygen atoms in total. The summed E-state index contributed by atoms with van der Waals surface area (Å²) in [6.45, 7) is 2.45. The van der Waals surface area contributed by atoms with Crippen molar-refractivity contribution in [3.05, 3.63) is 78.2 Å². The molecule has 30 heavy (non-hydrogen) atoms. The number of rotatable bonds is 7. The van der Waals surface area contributed by atoms with E-state index < -0.39 is 5.97 Å². The van der Waals surface area contributed by atoms with E-state index in [9.17, 15) is 9.59 Å². The summed E-state index contributed by atoms with van der Waals surface area (Å²) in [4.78, 5) is 31.3. The molecule has 9 heteroatoms. The summed E-state index contributed by atoms with van der Waals surface area (Å²) in [5.41, 5.74) is 1.38. The predicted molar refractivity (Wildman–Crippen MR) is 122 cm³/mol. The fourth-order valence-corrected chi connectivity index (χ4v) is 5.34. The van der Waals surface area contributed by atoms with Crippen molar-refractivity contribution in [1.82, 2.24) is 9.55 Å². The minimum absolute atomic E-state index is 0.0100. The van der Waals surface area contributed by atoms with Crippen LogP contribution in [-0.4, -0.2) is 22.1 Å². The van der Waals surface area contributed by atoms with E-state index in [0.29, 0.717) is 16.8 Å². The fourth-order valence-electron chi connectivity index (χ4n) is 3.07. The number of carbonyl (C=O) groups is 1. The average Bonchev–Trinajstić information content (AvgIpc) is 3.38. The van der Waals surface area contributed by atoms with Crippen LogP contribution in [0.1, 0.15) is 27.7 Å². The van der Waals surface area contributed by atoms with Gasteiger partial charge in [0.1, 0.15) is 12.2 Å². The Morgan fingerprint density at radius 3 is 2.73 bits per heavy atom. The number of thiazole rings is 1. The van der Waals surface area contributed by atoms with Crippen LogP contribution in [0.25, 0.3) is 10.2 Å². The summed E-state index contributed by atoms with van der Waals surface area (Å²) < 4.78 is 14.2. The van der Waals surface area contributed by atoms with Crippen molar-refractivity contribution < 1.29 is 14.3 Å². The Morgan fingerprint density at radius 1 is 1.23 bits per heavy atom. The highest BCUT2D eigenvalue weighted by Crippen LogP contribution is 2.31. The zero-order valence-corrected chi connectivity index (χ0v) is 19.2. The number of aromatic nitrogens is 2. The van der Waals surface area contributed by atoms with E-state index in [0.717, 1.165) is 14.4 Å². The highest BCUT2D eigenvalue weighted by molar-refractivity contribution is 9.11. The van der Waals surface area contributed by atoms with Crippen LogP contribution >= 0.6 is 38.6 Å². The van der Waals surface area contributed by atoms with Crippen LogP contribution in [0.4, 0.5) is 0 Å². The number of hydrogen-bond donors (Lipinski definition) is 0. The van der Waals surface area contributed by atoms with Gasteiger partial charge in [-0.05, 0) is 39.9 Å². The van der Waals surface area contributed by atoms with Crippen molar-refractivity contribution in [3.8, 4) is 5.75 Å². The van der Waals surface area contributed by atoms with Gasteiger partial charge in [0.15, 0.2) is 3.92 Å². The van der Waals surface area contributed by atoms with E-state index in [1.165, 1.54) is 22.7 Å². The zero-order chi connectivity index (χ0) is 21.1. The maximum Gasteiger partial charge on any atom is 0.343 e. The largest absolute Gasteiger partial charge is 0.482 e. The monoisotopic (exact) mass is 504 g/mol. The van der Waals surface area contributed by atoms with E-state index in [1.54, 1.807) is 17.7 Å². The van der Waals surface area contributed by atoms with Crippen LogP contribution in [0, 0.1) is 0 Å². The normalized spacial score (nSPS) is 11.0. The number of nitrogens with zero attached hydrogens (tertiary/aromatic N) is 2. The average molecular weight is 505 g/mol. The Hall–Kier alpha value is -2.49. The van der Waals surface area contributed by atoms with Crippen molar-refractivity contribution >= 4 is 54.8 Å². The third-order valence-electron chi connectivity index (χ3n) is 4.37. The second-order valence-electron chi connectivity index (χ2n) is 6.30. The number of carbonyl (C=O) groups excluding carboxylic acids is 1. The van der Waals surface area contributed by atoms with Crippen LogP contribution in [-0.2, 0) is 17.9 Å². The Labute approximate surface area is 188 Å². The lowest BCUT2D eigenvalue weighted by atomic mass is 10.2. The first-order chi connectivity index (χ1) is 14.6. The van der Waals surface area contributed by atoms with Crippen molar-refractivity contribution in [2.75, 3.05) is 6.61 Å². The van der Waals surface area contributed by atoms with E-state index in [-0.39, 0.29) is 30.1 Å². The molecule has 0 aliphatic rings. The van der Waals surface area contributed by atoms with Crippen LogP contribution in [0.15, 0.2) is 56.7 Å². The van der Waals surface area contributed by atoms with Crippen molar-refractivity contribution in [2.45, 2.75) is 20.1 Å². The lowest BCUT2D eigenvalue weighted by molar-refractivity contribution is 0.0523. The lowest BCUT2D eigenvalue weighted by Crippen LogP contribution is -2.26. The lowest BCUT2D eigenvalue weighted by Gasteiger charge is -2.15. The summed E-state index contributed by atoms with van der Waals surface area (Å²) in [5, 5.41) is 1.85. The molecular formula is C21H17BrN2O4S2. The van der Waals surface area contributed by atoms with Gasteiger partial charge < -0.3 is 9.47 Å². The Kier molecular flexibility index (Phi) is 6.31. The number of halogens is 1. The molecule has 0 spiro atoms. The number of benzene rings is 1. The van der Waals surface area contributed by atoms with Crippen molar-refractivity contribution in [2.24, 2.45) is 0 Å². The second kappa shape index (κ2) is 9.11. The van der Waals surface area contributed by atoms with Crippen molar-refractivity contribution in [1.29, 1.82) is 0 Å². The van der Waals surface area contributed by atoms with Gasteiger partial charge in [-0.15, -0.1) is 22.7 Å². The van der Waals surface area contributed by atoms with Gasteiger partial charge in [-0.1, -0.05) is 30.3 Å². The van der Waals surface area contributed by atoms with Crippen LogP contribution in [0.5, 0.6) is 5.75 Å². The number of fused-ring (bicyclic) bond motifs is 1. The van der Waals surface area contributed by atoms with Gasteiger partial charge in [-0.25, -0.2) is 9.78 Å². The van der Waals surface area contributed by atoms with Gasteiger partial charge in [0.2, 0.25) is 5.75 Å². The highest BCUT2D eigenvalue weighted by Gasteiger charge is 2.26. The summed E-state index contributed by atoms with van der Waals surface area (Å²) in [5.74, 6) is -0.548. The molecule has 0 bridgehead atoms. The standard InChI is InChI=1S/C21H17BrN2O4S2/c1-2-27-20(26)16-17(28-12-13-6-4-3-5-7-13)19(25)24(15-8-9-29-18(15)16)11-14-10-23-21(22)30-14/h3-10H,2,11-12H2,1H3. The summed E-state index contributed by atoms with van der Waals surface area (Å²) in [7, 11) is 0. The first-order valence-electron chi connectivity index (χ1n) is 9.16. The summed E-state index contributed by atoms with van der Waals surface area (Å²) >= 11 is 6.19. The molecule has 0 radical (unpaired) electrons. The molecule has 3 heterocycles. The van der Waals surface area contributed by atoms with E-state index in [4.69, 9.17) is 9.47 Å². The van der Waals surface area contributed by atoms with Gasteiger partial charge in [0, 0.05) is 11.1 Å². The molecule has 1 aromatic carbocycles. The molecular weight excluding hydrogens is 488 g/mol. The van der Waals surface area contributed by atoms with Gasteiger partial charge in [0.25, 0.3) is 5.56 Å². The Morgan fingerprint density at radius 2 is 2.03 bits per heavy atom. The highest BCUT2D eigenvalue weighted by atomic mass is 79.9. The van der Waals surface area contributed by atoms with E-state index in [2.05, 4.69) is 20.9 Å². The minimum atomic E-state index is -0.558. The molecule has 0 aliphatic carbocycles. The molecule has 4 aromatic rings. The number of pyridine rings is 1. The fraction of sp³-hybridized carbons (Fsp3) is 0.190. The maximum atomic E-state index is 13.5. The Bertz CT molecular complexity index is 1250. The van der Waals surface area contributed by atoms with Gasteiger partial charge >= 0.3 is 5.97 Å². The third kappa shape index (κ3) is 4.19.